The van der Waals surface area contributed by atoms with E-state index >= 15 is 0 Å². The highest BCUT2D eigenvalue weighted by Gasteiger charge is 2.18. The van der Waals surface area contributed by atoms with Gasteiger partial charge in [0.05, 0.1) is 37.2 Å². The summed E-state index contributed by atoms with van der Waals surface area (Å²) in [5, 5.41) is 12.7. The van der Waals surface area contributed by atoms with E-state index in [1.165, 1.54) is 19.2 Å². The molecule has 1 aliphatic rings. The van der Waals surface area contributed by atoms with Crippen molar-refractivity contribution < 1.29 is 19.1 Å². The molecule has 1 saturated heterocycles. The highest BCUT2D eigenvalue weighted by Crippen LogP contribution is 2.39. The molecule has 1 aliphatic heterocycles. The van der Waals surface area contributed by atoms with Crippen molar-refractivity contribution >= 4 is 28.1 Å². The van der Waals surface area contributed by atoms with Crippen molar-refractivity contribution in [3.63, 3.8) is 0 Å². The largest absolute Gasteiger partial charge is 0.493 e. The van der Waals surface area contributed by atoms with E-state index in [0.717, 1.165) is 39.3 Å². The second-order valence-corrected chi connectivity index (χ2v) is 6.44. The lowest BCUT2D eigenvalue weighted by atomic mass is 10.1. The lowest BCUT2D eigenvalue weighted by molar-refractivity contribution is -0.383. The maximum absolute atomic E-state index is 11.2. The van der Waals surface area contributed by atoms with Crippen LogP contribution in [0.25, 0.3) is 10.8 Å². The maximum atomic E-state index is 11.2. The quantitative estimate of drug-likeness (QED) is 0.415. The number of hydrogen-bond donors (Lipinski definition) is 0. The van der Waals surface area contributed by atoms with Crippen LogP contribution in [0.15, 0.2) is 24.3 Å². The zero-order valence-corrected chi connectivity index (χ0v) is 15.3. The number of benzene rings is 2. The SMILES string of the molecule is COc1cc2c([N+](=O)[O-])ccc(Cl)c2cc1OCCCN1CCOCC1. The molecule has 2 aromatic rings. The molecule has 0 bridgehead atoms. The van der Waals surface area contributed by atoms with Crippen molar-refractivity contribution in [2.45, 2.75) is 6.42 Å². The molecule has 0 spiro atoms. The van der Waals surface area contributed by atoms with Gasteiger partial charge in [0.1, 0.15) is 0 Å². The minimum atomic E-state index is -0.430. The van der Waals surface area contributed by atoms with Crippen LogP contribution in [-0.4, -0.2) is 56.4 Å². The molecule has 140 valence electrons. The fraction of sp³-hybridized carbons (Fsp3) is 0.444. The molecule has 1 heterocycles. The number of methoxy groups -OCH3 is 1. The van der Waals surface area contributed by atoms with Gasteiger partial charge < -0.3 is 14.2 Å². The summed E-state index contributed by atoms with van der Waals surface area (Å²) >= 11 is 6.23. The van der Waals surface area contributed by atoms with Crippen LogP contribution >= 0.6 is 11.6 Å². The van der Waals surface area contributed by atoms with Crippen molar-refractivity contribution in [3.8, 4) is 11.5 Å². The summed E-state index contributed by atoms with van der Waals surface area (Å²) < 4.78 is 16.6. The Labute approximate surface area is 156 Å². The van der Waals surface area contributed by atoms with Crippen molar-refractivity contribution in [3.05, 3.63) is 39.4 Å². The molecular formula is C18H21ClN2O5. The summed E-state index contributed by atoms with van der Waals surface area (Å²) in [6, 6.07) is 6.23. The first-order valence-corrected chi connectivity index (χ1v) is 8.85. The minimum absolute atomic E-state index is 0.0124. The van der Waals surface area contributed by atoms with E-state index in [4.69, 9.17) is 25.8 Å². The summed E-state index contributed by atoms with van der Waals surface area (Å²) in [7, 11) is 1.51. The third kappa shape index (κ3) is 4.17. The monoisotopic (exact) mass is 380 g/mol. The second kappa shape index (κ2) is 8.53. The second-order valence-electron chi connectivity index (χ2n) is 6.03. The van der Waals surface area contributed by atoms with Crippen LogP contribution in [0.3, 0.4) is 0 Å². The lowest BCUT2D eigenvalue weighted by Gasteiger charge is -2.26. The molecule has 0 atom stereocenters. The van der Waals surface area contributed by atoms with E-state index in [0.29, 0.717) is 33.9 Å². The van der Waals surface area contributed by atoms with Crippen LogP contribution in [0.1, 0.15) is 6.42 Å². The average molecular weight is 381 g/mol. The summed E-state index contributed by atoms with van der Waals surface area (Å²) in [6.07, 6.45) is 0.865. The van der Waals surface area contributed by atoms with E-state index < -0.39 is 4.92 Å². The van der Waals surface area contributed by atoms with E-state index in [-0.39, 0.29) is 5.69 Å². The van der Waals surface area contributed by atoms with Crippen LogP contribution < -0.4 is 9.47 Å². The summed E-state index contributed by atoms with van der Waals surface area (Å²) in [6.45, 7) is 4.89. The first-order valence-electron chi connectivity index (χ1n) is 8.47. The topological polar surface area (TPSA) is 74.1 Å². The summed E-state index contributed by atoms with van der Waals surface area (Å²) in [5.74, 6) is 0.985. The standard InChI is InChI=1S/C18H21ClN2O5/c1-24-17-12-14-13(15(19)3-4-16(14)21(22)23)11-18(17)26-8-2-5-20-6-9-25-10-7-20/h3-4,11-12H,2,5-10H2,1H3. The van der Waals surface area contributed by atoms with Crippen LogP contribution in [-0.2, 0) is 4.74 Å². The van der Waals surface area contributed by atoms with E-state index in [9.17, 15) is 10.1 Å². The molecule has 0 amide bonds. The number of halogens is 1. The fourth-order valence-electron chi connectivity index (χ4n) is 3.03. The fourth-order valence-corrected chi connectivity index (χ4v) is 3.25. The minimum Gasteiger partial charge on any atom is -0.493 e. The van der Waals surface area contributed by atoms with Gasteiger partial charge in [0.15, 0.2) is 11.5 Å². The molecule has 0 N–H and O–H groups in total. The average Bonchev–Trinajstić information content (AvgIpc) is 2.65. The van der Waals surface area contributed by atoms with Gasteiger partial charge >= 0.3 is 0 Å². The van der Waals surface area contributed by atoms with E-state index in [1.54, 1.807) is 12.1 Å². The van der Waals surface area contributed by atoms with Gasteiger partial charge in [0, 0.05) is 36.1 Å². The van der Waals surface area contributed by atoms with Gasteiger partial charge in [-0.3, -0.25) is 15.0 Å². The van der Waals surface area contributed by atoms with Gasteiger partial charge in [0.25, 0.3) is 5.69 Å². The molecule has 1 fully saturated rings. The van der Waals surface area contributed by atoms with Gasteiger partial charge in [-0.25, -0.2) is 0 Å². The number of non-ortho nitro benzene ring substituents is 1. The van der Waals surface area contributed by atoms with Gasteiger partial charge in [-0.2, -0.15) is 0 Å². The van der Waals surface area contributed by atoms with Crippen LogP contribution in [0.5, 0.6) is 11.5 Å². The molecule has 2 aromatic carbocycles. The number of nitrogens with zero attached hydrogens (tertiary/aromatic N) is 2. The van der Waals surface area contributed by atoms with Crippen LogP contribution in [0.4, 0.5) is 5.69 Å². The number of morpholine rings is 1. The number of fused-ring (bicyclic) bond motifs is 1. The Morgan fingerprint density at radius 2 is 1.96 bits per heavy atom. The molecular weight excluding hydrogens is 360 g/mol. The molecule has 0 saturated carbocycles. The predicted molar refractivity (Wildman–Crippen MR) is 99.5 cm³/mol. The van der Waals surface area contributed by atoms with Gasteiger partial charge in [-0.1, -0.05) is 11.6 Å². The number of ether oxygens (including phenoxy) is 3. The van der Waals surface area contributed by atoms with Crippen LogP contribution in [0.2, 0.25) is 5.02 Å². The third-order valence-electron chi connectivity index (χ3n) is 4.40. The summed E-state index contributed by atoms with van der Waals surface area (Å²) in [5.41, 5.74) is -0.0124. The Hall–Kier alpha value is -2.09. The Kier molecular flexibility index (Phi) is 6.13. The summed E-state index contributed by atoms with van der Waals surface area (Å²) in [4.78, 5) is 13.2. The van der Waals surface area contributed by atoms with Crippen LogP contribution in [0, 0.1) is 10.1 Å². The molecule has 7 nitrogen and oxygen atoms in total. The van der Waals surface area contributed by atoms with Gasteiger partial charge in [-0.15, -0.1) is 0 Å². The van der Waals surface area contributed by atoms with Gasteiger partial charge in [0.2, 0.25) is 0 Å². The molecule has 0 aliphatic carbocycles. The zero-order chi connectivity index (χ0) is 18.5. The van der Waals surface area contributed by atoms with E-state index in [2.05, 4.69) is 4.90 Å². The molecule has 0 unspecified atom stereocenters. The van der Waals surface area contributed by atoms with Crippen molar-refractivity contribution in [1.29, 1.82) is 0 Å². The highest BCUT2D eigenvalue weighted by atomic mass is 35.5. The zero-order valence-electron chi connectivity index (χ0n) is 14.6. The molecule has 26 heavy (non-hydrogen) atoms. The number of nitro groups is 1. The van der Waals surface area contributed by atoms with Gasteiger partial charge in [-0.05, 0) is 24.6 Å². The Bertz CT molecular complexity index is 793. The Morgan fingerprint density at radius 1 is 1.23 bits per heavy atom. The first kappa shape index (κ1) is 18.7. The Morgan fingerprint density at radius 3 is 2.65 bits per heavy atom. The lowest BCUT2D eigenvalue weighted by Crippen LogP contribution is -2.37. The normalized spacial score (nSPS) is 15.2. The number of nitro benzene ring substituents is 1. The molecule has 0 aromatic heterocycles. The smallest absolute Gasteiger partial charge is 0.277 e. The first-order chi connectivity index (χ1) is 12.6. The van der Waals surface area contributed by atoms with Crippen molar-refractivity contribution in [1.82, 2.24) is 4.90 Å². The molecule has 3 rings (SSSR count). The van der Waals surface area contributed by atoms with E-state index in [1.807, 2.05) is 0 Å². The number of rotatable bonds is 7. The van der Waals surface area contributed by atoms with Crippen molar-refractivity contribution in [2.75, 3.05) is 46.6 Å². The molecule has 8 heteroatoms. The molecule has 0 radical (unpaired) electrons. The predicted octanol–water partition coefficient (Wildman–Crippen LogP) is 3.51. The maximum Gasteiger partial charge on any atom is 0.277 e. The number of hydrogen-bond acceptors (Lipinski definition) is 6. The van der Waals surface area contributed by atoms with Crippen molar-refractivity contribution in [2.24, 2.45) is 0 Å². The highest BCUT2D eigenvalue weighted by molar-refractivity contribution is 6.36. The third-order valence-corrected chi connectivity index (χ3v) is 4.73. The Balaban J connectivity index is 1.75.